The van der Waals surface area contributed by atoms with Crippen LogP contribution >= 0.6 is 0 Å². The summed E-state index contributed by atoms with van der Waals surface area (Å²) in [6.07, 6.45) is 2.52. The Bertz CT molecular complexity index is 367. The van der Waals surface area contributed by atoms with Gasteiger partial charge in [-0.2, -0.15) is 0 Å². The van der Waals surface area contributed by atoms with Crippen LogP contribution in [0, 0.1) is 6.92 Å². The lowest BCUT2D eigenvalue weighted by Gasteiger charge is -2.15. The summed E-state index contributed by atoms with van der Waals surface area (Å²) in [5.41, 5.74) is 2.74. The molecule has 2 heteroatoms. The molecule has 0 bridgehead atoms. The van der Waals surface area contributed by atoms with Crippen LogP contribution in [0.25, 0.3) is 0 Å². The van der Waals surface area contributed by atoms with Crippen molar-refractivity contribution in [2.45, 2.75) is 45.6 Å². The molecule has 2 rings (SSSR count). The Hall–Kier alpha value is -1.02. The second-order valence-corrected chi connectivity index (χ2v) is 5.28. The molecule has 17 heavy (non-hydrogen) atoms. The molecule has 0 aliphatic carbocycles. The van der Waals surface area contributed by atoms with Gasteiger partial charge in [0.15, 0.2) is 0 Å². The second-order valence-electron chi connectivity index (χ2n) is 5.28. The third-order valence-electron chi connectivity index (χ3n) is 3.49. The minimum Gasteiger partial charge on any atom is -0.492 e. The monoisotopic (exact) mass is 233 g/mol. The molecule has 0 unspecified atom stereocenters. The van der Waals surface area contributed by atoms with Crippen LogP contribution < -0.4 is 10.1 Å². The fraction of sp³-hybridized carbons (Fsp3) is 0.600. The first-order valence-corrected chi connectivity index (χ1v) is 6.63. The summed E-state index contributed by atoms with van der Waals surface area (Å²) in [5.74, 6) is 1.57. The lowest BCUT2D eigenvalue weighted by Crippen LogP contribution is -2.28. The zero-order valence-corrected chi connectivity index (χ0v) is 11.1. The van der Waals surface area contributed by atoms with Crippen molar-refractivity contribution in [1.29, 1.82) is 0 Å². The van der Waals surface area contributed by atoms with Crippen LogP contribution in [0.1, 0.15) is 43.7 Å². The maximum absolute atomic E-state index is 5.87. The highest BCUT2D eigenvalue weighted by Gasteiger charge is 2.14. The topological polar surface area (TPSA) is 21.3 Å². The molecule has 1 N–H and O–H groups in total. The smallest absolute Gasteiger partial charge is 0.119 e. The standard InChI is InChI=1S/C15H23NO/c1-11(2)15-9-14(7-6-12(15)3)17-10-13-5-4-8-16-13/h6-7,9,11,13,16H,4-5,8,10H2,1-3H3/t13-/m1/s1. The van der Waals surface area contributed by atoms with E-state index in [0.717, 1.165) is 18.9 Å². The zero-order chi connectivity index (χ0) is 12.3. The Morgan fingerprint density at radius 1 is 1.41 bits per heavy atom. The van der Waals surface area contributed by atoms with E-state index in [1.165, 1.54) is 24.0 Å². The molecule has 1 aliphatic heterocycles. The average Bonchev–Trinajstić information content (AvgIpc) is 2.80. The number of rotatable bonds is 4. The lowest BCUT2D eigenvalue weighted by molar-refractivity contribution is 0.277. The molecule has 1 saturated heterocycles. The van der Waals surface area contributed by atoms with Gasteiger partial charge in [-0.15, -0.1) is 0 Å². The van der Waals surface area contributed by atoms with Crippen molar-refractivity contribution in [2.24, 2.45) is 0 Å². The molecule has 2 nitrogen and oxygen atoms in total. The minimum absolute atomic E-state index is 0.541. The van der Waals surface area contributed by atoms with E-state index in [4.69, 9.17) is 4.74 Å². The number of benzene rings is 1. The Kier molecular flexibility index (Phi) is 4.06. The predicted molar refractivity (Wildman–Crippen MR) is 71.8 cm³/mol. The van der Waals surface area contributed by atoms with Gasteiger partial charge in [-0.05, 0) is 55.5 Å². The molecular formula is C15H23NO. The minimum atomic E-state index is 0.541. The van der Waals surface area contributed by atoms with Crippen molar-refractivity contribution in [3.8, 4) is 5.75 Å². The maximum Gasteiger partial charge on any atom is 0.119 e. The summed E-state index contributed by atoms with van der Waals surface area (Å²) in [6.45, 7) is 8.55. The summed E-state index contributed by atoms with van der Waals surface area (Å²) in [4.78, 5) is 0. The van der Waals surface area contributed by atoms with Gasteiger partial charge in [0.25, 0.3) is 0 Å². The van der Waals surface area contributed by atoms with Gasteiger partial charge in [0.05, 0.1) is 0 Å². The van der Waals surface area contributed by atoms with Crippen LogP contribution in [0.3, 0.4) is 0 Å². The average molecular weight is 233 g/mol. The van der Waals surface area contributed by atoms with E-state index in [1.807, 2.05) is 0 Å². The Morgan fingerprint density at radius 2 is 2.24 bits per heavy atom. The first kappa shape index (κ1) is 12.4. The van der Waals surface area contributed by atoms with Crippen molar-refractivity contribution in [2.75, 3.05) is 13.2 Å². The van der Waals surface area contributed by atoms with E-state index in [1.54, 1.807) is 0 Å². The van der Waals surface area contributed by atoms with Gasteiger partial charge in [0.2, 0.25) is 0 Å². The fourth-order valence-electron chi connectivity index (χ4n) is 2.43. The van der Waals surface area contributed by atoms with Crippen molar-refractivity contribution < 1.29 is 4.74 Å². The number of nitrogens with one attached hydrogen (secondary N) is 1. The summed E-state index contributed by atoms with van der Waals surface area (Å²) in [7, 11) is 0. The van der Waals surface area contributed by atoms with Crippen LogP contribution in [-0.4, -0.2) is 19.2 Å². The van der Waals surface area contributed by atoms with Gasteiger partial charge < -0.3 is 10.1 Å². The van der Waals surface area contributed by atoms with E-state index in [0.29, 0.717) is 12.0 Å². The zero-order valence-electron chi connectivity index (χ0n) is 11.1. The number of aryl methyl sites for hydroxylation is 1. The molecule has 1 aliphatic rings. The largest absolute Gasteiger partial charge is 0.492 e. The second kappa shape index (κ2) is 5.54. The third-order valence-corrected chi connectivity index (χ3v) is 3.49. The quantitative estimate of drug-likeness (QED) is 0.862. The Morgan fingerprint density at radius 3 is 2.88 bits per heavy atom. The lowest BCUT2D eigenvalue weighted by atomic mass is 9.98. The van der Waals surface area contributed by atoms with E-state index in [9.17, 15) is 0 Å². The van der Waals surface area contributed by atoms with Crippen molar-refractivity contribution in [3.63, 3.8) is 0 Å². The SMILES string of the molecule is Cc1ccc(OC[C@H]2CCCN2)cc1C(C)C. The summed E-state index contributed by atoms with van der Waals surface area (Å²) in [6, 6.07) is 6.97. The van der Waals surface area contributed by atoms with Gasteiger partial charge in [-0.25, -0.2) is 0 Å². The third kappa shape index (κ3) is 3.22. The highest BCUT2D eigenvalue weighted by molar-refractivity contribution is 5.36. The molecule has 1 atom stereocenters. The first-order valence-electron chi connectivity index (χ1n) is 6.63. The van der Waals surface area contributed by atoms with Gasteiger partial charge in [-0.3, -0.25) is 0 Å². The van der Waals surface area contributed by atoms with Gasteiger partial charge in [0.1, 0.15) is 12.4 Å². The van der Waals surface area contributed by atoms with Gasteiger partial charge in [-0.1, -0.05) is 19.9 Å². The molecule has 0 radical (unpaired) electrons. The first-order chi connectivity index (χ1) is 8.16. The Balaban J connectivity index is 1.98. The molecule has 1 heterocycles. The fourth-order valence-corrected chi connectivity index (χ4v) is 2.43. The molecule has 1 fully saturated rings. The highest BCUT2D eigenvalue weighted by atomic mass is 16.5. The number of hydrogen-bond donors (Lipinski definition) is 1. The highest BCUT2D eigenvalue weighted by Crippen LogP contribution is 2.24. The van der Waals surface area contributed by atoms with Crippen molar-refractivity contribution in [3.05, 3.63) is 29.3 Å². The van der Waals surface area contributed by atoms with Crippen molar-refractivity contribution >= 4 is 0 Å². The van der Waals surface area contributed by atoms with Crippen LogP contribution in [0.15, 0.2) is 18.2 Å². The van der Waals surface area contributed by atoms with Crippen LogP contribution in [0.5, 0.6) is 5.75 Å². The Labute approximate surface area is 104 Å². The maximum atomic E-state index is 5.87. The molecule has 94 valence electrons. The molecule has 0 aromatic heterocycles. The summed E-state index contributed by atoms with van der Waals surface area (Å²) >= 11 is 0. The van der Waals surface area contributed by atoms with E-state index in [-0.39, 0.29) is 0 Å². The van der Waals surface area contributed by atoms with Gasteiger partial charge in [0, 0.05) is 6.04 Å². The van der Waals surface area contributed by atoms with E-state index >= 15 is 0 Å². The molecular weight excluding hydrogens is 210 g/mol. The van der Waals surface area contributed by atoms with Crippen LogP contribution in [0.2, 0.25) is 0 Å². The van der Waals surface area contributed by atoms with Crippen LogP contribution in [-0.2, 0) is 0 Å². The number of hydrogen-bond acceptors (Lipinski definition) is 2. The normalized spacial score (nSPS) is 19.9. The molecule has 0 amide bonds. The molecule has 0 saturated carbocycles. The van der Waals surface area contributed by atoms with E-state index < -0.39 is 0 Å². The van der Waals surface area contributed by atoms with Gasteiger partial charge >= 0.3 is 0 Å². The predicted octanol–water partition coefficient (Wildman–Crippen LogP) is 3.25. The molecule has 1 aromatic rings. The summed E-state index contributed by atoms with van der Waals surface area (Å²) < 4.78 is 5.87. The number of ether oxygens (including phenoxy) is 1. The summed E-state index contributed by atoms with van der Waals surface area (Å²) in [5, 5.41) is 3.45. The van der Waals surface area contributed by atoms with Crippen molar-refractivity contribution in [1.82, 2.24) is 5.32 Å². The van der Waals surface area contributed by atoms with Crippen LogP contribution in [0.4, 0.5) is 0 Å². The molecule has 0 spiro atoms. The van der Waals surface area contributed by atoms with E-state index in [2.05, 4.69) is 44.3 Å². The molecule has 1 aromatic carbocycles.